The van der Waals surface area contributed by atoms with Gasteiger partial charge in [-0.3, -0.25) is 14.4 Å². The lowest BCUT2D eigenvalue weighted by atomic mass is 9.97. The number of aliphatic carboxylic acids is 1. The lowest BCUT2D eigenvalue weighted by molar-refractivity contribution is -0.146. The summed E-state index contributed by atoms with van der Waals surface area (Å²) in [6.45, 7) is 3.43. The Morgan fingerprint density at radius 2 is 1.91 bits per heavy atom. The van der Waals surface area contributed by atoms with Gasteiger partial charge in [-0.1, -0.05) is 0 Å². The van der Waals surface area contributed by atoms with Crippen molar-refractivity contribution < 1.29 is 24.2 Å². The Morgan fingerprint density at radius 1 is 1.27 bits per heavy atom. The molecule has 0 radical (unpaired) electrons. The van der Waals surface area contributed by atoms with Crippen LogP contribution in [-0.4, -0.2) is 72.1 Å². The van der Waals surface area contributed by atoms with E-state index in [1.165, 1.54) is 4.90 Å². The first-order valence-electron chi connectivity index (χ1n) is 7.81. The molecule has 1 N–H and O–H groups in total. The van der Waals surface area contributed by atoms with E-state index in [0.29, 0.717) is 32.5 Å². The summed E-state index contributed by atoms with van der Waals surface area (Å²) in [4.78, 5) is 38.3. The zero-order valence-electron chi connectivity index (χ0n) is 13.2. The predicted molar refractivity (Wildman–Crippen MR) is 78.1 cm³/mol. The van der Waals surface area contributed by atoms with Crippen molar-refractivity contribution in [2.45, 2.75) is 32.3 Å². The maximum Gasteiger partial charge on any atom is 0.306 e. The van der Waals surface area contributed by atoms with Crippen LogP contribution in [0.3, 0.4) is 0 Å². The summed E-state index contributed by atoms with van der Waals surface area (Å²) in [5, 5.41) is 8.95. The number of carbonyl (C=O) groups excluding carboxylic acids is 2. The number of carboxylic acid groups (broad SMARTS) is 1. The van der Waals surface area contributed by atoms with Gasteiger partial charge >= 0.3 is 5.97 Å². The van der Waals surface area contributed by atoms with E-state index in [2.05, 4.69) is 0 Å². The van der Waals surface area contributed by atoms with E-state index in [1.807, 2.05) is 6.92 Å². The van der Waals surface area contributed by atoms with Crippen molar-refractivity contribution in [3.8, 4) is 0 Å². The Hall–Kier alpha value is -1.63. The molecule has 2 aliphatic rings. The van der Waals surface area contributed by atoms with E-state index in [9.17, 15) is 14.4 Å². The average Bonchev–Trinajstić information content (AvgIpc) is 3.26. The van der Waals surface area contributed by atoms with Gasteiger partial charge in [-0.2, -0.15) is 0 Å². The van der Waals surface area contributed by atoms with Crippen LogP contribution in [0.2, 0.25) is 0 Å². The largest absolute Gasteiger partial charge is 0.481 e. The first-order valence-corrected chi connectivity index (χ1v) is 7.81. The maximum absolute atomic E-state index is 12.2. The fourth-order valence-corrected chi connectivity index (χ4v) is 2.87. The van der Waals surface area contributed by atoms with Gasteiger partial charge in [0.1, 0.15) is 0 Å². The second-order valence-corrected chi connectivity index (χ2v) is 6.02. The van der Waals surface area contributed by atoms with Gasteiger partial charge in [0.05, 0.1) is 24.5 Å². The molecule has 0 aromatic heterocycles. The molecule has 2 fully saturated rings. The predicted octanol–water partition coefficient (Wildman–Crippen LogP) is 0.193. The van der Waals surface area contributed by atoms with Crippen molar-refractivity contribution in [1.29, 1.82) is 0 Å². The molecule has 0 spiro atoms. The minimum absolute atomic E-state index is 0.00126. The molecule has 7 heteroatoms. The molecule has 1 aliphatic heterocycles. The molecule has 2 atom stereocenters. The number of nitrogens with zero attached hydrogens (tertiary/aromatic N) is 2. The Bertz CT molecular complexity index is 445. The molecule has 2 amide bonds. The highest BCUT2D eigenvalue weighted by Crippen LogP contribution is 2.35. The summed E-state index contributed by atoms with van der Waals surface area (Å²) in [7, 11) is 1.63. The second kappa shape index (κ2) is 7.09. The smallest absolute Gasteiger partial charge is 0.306 e. The van der Waals surface area contributed by atoms with E-state index < -0.39 is 5.97 Å². The SMILES string of the molecule is CCO[C@@H]1C[C@H]1C(=O)N(C)CC(=O)N1CCC(C(=O)O)CC1. The van der Waals surface area contributed by atoms with Crippen molar-refractivity contribution in [1.82, 2.24) is 9.80 Å². The van der Waals surface area contributed by atoms with E-state index >= 15 is 0 Å². The molecule has 1 aliphatic carbocycles. The zero-order chi connectivity index (χ0) is 16.3. The third-order valence-electron chi connectivity index (χ3n) is 4.38. The summed E-state index contributed by atoms with van der Waals surface area (Å²) in [6.07, 6.45) is 1.69. The average molecular weight is 312 g/mol. The molecular weight excluding hydrogens is 288 g/mol. The number of hydrogen-bond acceptors (Lipinski definition) is 4. The highest BCUT2D eigenvalue weighted by atomic mass is 16.5. The molecule has 7 nitrogen and oxygen atoms in total. The van der Waals surface area contributed by atoms with Gasteiger partial charge in [0.15, 0.2) is 0 Å². The van der Waals surface area contributed by atoms with Gasteiger partial charge in [-0.05, 0) is 26.2 Å². The number of carboxylic acids is 1. The molecule has 124 valence electrons. The highest BCUT2D eigenvalue weighted by molar-refractivity contribution is 5.87. The third-order valence-corrected chi connectivity index (χ3v) is 4.38. The first-order chi connectivity index (χ1) is 10.4. The molecule has 2 rings (SSSR count). The van der Waals surface area contributed by atoms with Crippen LogP contribution in [0.15, 0.2) is 0 Å². The van der Waals surface area contributed by atoms with E-state index in [4.69, 9.17) is 9.84 Å². The molecule has 1 saturated carbocycles. The van der Waals surface area contributed by atoms with E-state index in [1.54, 1.807) is 11.9 Å². The molecular formula is C15H24N2O5. The molecule has 0 aromatic rings. The van der Waals surface area contributed by atoms with Crippen LogP contribution >= 0.6 is 0 Å². The number of likely N-dealkylation sites (tertiary alicyclic amines) is 1. The molecule has 0 bridgehead atoms. The summed E-state index contributed by atoms with van der Waals surface area (Å²) >= 11 is 0. The second-order valence-electron chi connectivity index (χ2n) is 6.02. The van der Waals surface area contributed by atoms with Crippen molar-refractivity contribution in [3.63, 3.8) is 0 Å². The van der Waals surface area contributed by atoms with E-state index in [-0.39, 0.29) is 36.3 Å². The first kappa shape index (κ1) is 16.7. The molecule has 22 heavy (non-hydrogen) atoms. The monoisotopic (exact) mass is 312 g/mol. The van der Waals surface area contributed by atoms with Gasteiger partial charge in [-0.25, -0.2) is 0 Å². The van der Waals surface area contributed by atoms with Crippen molar-refractivity contribution >= 4 is 17.8 Å². The zero-order valence-corrected chi connectivity index (χ0v) is 13.2. The number of likely N-dealkylation sites (N-methyl/N-ethyl adjacent to an activating group) is 1. The minimum atomic E-state index is -0.796. The van der Waals surface area contributed by atoms with Crippen molar-refractivity contribution in [3.05, 3.63) is 0 Å². The van der Waals surface area contributed by atoms with Crippen LogP contribution in [0.5, 0.6) is 0 Å². The normalized spacial score (nSPS) is 24.9. The van der Waals surface area contributed by atoms with Gasteiger partial charge in [0.2, 0.25) is 11.8 Å². The molecule has 1 heterocycles. The van der Waals surface area contributed by atoms with Crippen LogP contribution in [-0.2, 0) is 19.1 Å². The maximum atomic E-state index is 12.2. The van der Waals surface area contributed by atoms with Gasteiger partial charge < -0.3 is 19.6 Å². The van der Waals surface area contributed by atoms with Crippen LogP contribution in [0, 0.1) is 11.8 Å². The van der Waals surface area contributed by atoms with Crippen LogP contribution < -0.4 is 0 Å². The molecule has 0 aromatic carbocycles. The van der Waals surface area contributed by atoms with Gasteiger partial charge in [0, 0.05) is 26.7 Å². The highest BCUT2D eigenvalue weighted by Gasteiger charge is 2.45. The minimum Gasteiger partial charge on any atom is -0.481 e. The summed E-state index contributed by atoms with van der Waals surface area (Å²) in [5.74, 6) is -1.44. The Balaban J connectivity index is 1.75. The van der Waals surface area contributed by atoms with Crippen LogP contribution in [0.1, 0.15) is 26.2 Å². The number of amides is 2. The third kappa shape index (κ3) is 3.97. The molecule has 0 unspecified atom stereocenters. The van der Waals surface area contributed by atoms with E-state index in [0.717, 1.165) is 6.42 Å². The lowest BCUT2D eigenvalue weighted by Gasteiger charge is -2.31. The summed E-state index contributed by atoms with van der Waals surface area (Å²) < 4.78 is 5.39. The van der Waals surface area contributed by atoms with Crippen molar-refractivity contribution in [2.24, 2.45) is 11.8 Å². The fourth-order valence-electron chi connectivity index (χ4n) is 2.87. The Morgan fingerprint density at radius 3 is 2.45 bits per heavy atom. The van der Waals surface area contributed by atoms with Crippen LogP contribution in [0.4, 0.5) is 0 Å². The topological polar surface area (TPSA) is 87.2 Å². The number of ether oxygens (including phenoxy) is 1. The number of piperidine rings is 1. The van der Waals surface area contributed by atoms with Crippen molar-refractivity contribution in [2.75, 3.05) is 33.3 Å². The fraction of sp³-hybridized carbons (Fsp3) is 0.800. The number of hydrogen-bond donors (Lipinski definition) is 1. The standard InChI is InChI=1S/C15H24N2O5/c1-3-22-12-8-11(12)14(19)16(2)9-13(18)17-6-4-10(5-7-17)15(20)21/h10-12H,3-9H2,1-2H3,(H,20,21)/t11-,12-/m1/s1. The van der Waals surface area contributed by atoms with Gasteiger partial charge in [-0.15, -0.1) is 0 Å². The Labute approximate surface area is 130 Å². The number of carbonyl (C=O) groups is 3. The Kier molecular flexibility index (Phi) is 5.39. The summed E-state index contributed by atoms with van der Waals surface area (Å²) in [6, 6.07) is 0. The van der Waals surface area contributed by atoms with Crippen LogP contribution in [0.25, 0.3) is 0 Å². The summed E-state index contributed by atoms with van der Waals surface area (Å²) in [5.41, 5.74) is 0. The molecule has 1 saturated heterocycles. The quantitative estimate of drug-likeness (QED) is 0.757. The number of rotatable bonds is 6. The van der Waals surface area contributed by atoms with Gasteiger partial charge in [0.25, 0.3) is 0 Å². The lowest BCUT2D eigenvalue weighted by Crippen LogP contribution is -2.45.